The number of hydrogen-bond donors (Lipinski definition) is 2. The van der Waals surface area contributed by atoms with Gasteiger partial charge in [-0.2, -0.15) is 0 Å². The van der Waals surface area contributed by atoms with Crippen LogP contribution in [-0.2, 0) is 34.3 Å². The molecule has 6 rings (SSSR count). The fourth-order valence-electron chi connectivity index (χ4n) is 12.1. The minimum Gasteiger partial charge on any atom is -0.542 e. The van der Waals surface area contributed by atoms with Gasteiger partial charge in [0, 0.05) is 49.8 Å². The monoisotopic (exact) mass is 1110 g/mol. The Morgan fingerprint density at radius 2 is 1.42 bits per heavy atom. The molecule has 3 heterocycles. The molecule has 77 heavy (non-hydrogen) atoms. The van der Waals surface area contributed by atoms with E-state index in [-0.39, 0.29) is 45.6 Å². The van der Waals surface area contributed by atoms with E-state index in [1.165, 1.54) is 6.92 Å². The van der Waals surface area contributed by atoms with Gasteiger partial charge >= 0.3 is 11.9 Å². The van der Waals surface area contributed by atoms with Gasteiger partial charge in [-0.05, 0) is 81.6 Å². The van der Waals surface area contributed by atoms with E-state index in [1.807, 2.05) is 45.9 Å². The van der Waals surface area contributed by atoms with Crippen LogP contribution in [0.4, 0.5) is 0 Å². The number of rotatable bonds is 21. The molecule has 0 radical (unpaired) electrons. The van der Waals surface area contributed by atoms with Crippen molar-refractivity contribution in [3.63, 3.8) is 0 Å². The number of carbonyl (C=O) groups is 2. The second kappa shape index (κ2) is 23.6. The van der Waals surface area contributed by atoms with Gasteiger partial charge in [0.05, 0.1) is 31.0 Å². The van der Waals surface area contributed by atoms with Crippen molar-refractivity contribution >= 4 is 53.2 Å². The molecule has 0 amide bonds. The number of nitrogens with zero attached hydrogens (tertiary/aromatic N) is 1. The summed E-state index contributed by atoms with van der Waals surface area (Å²) in [4.78, 5) is 31.9. The van der Waals surface area contributed by atoms with E-state index in [0.29, 0.717) is 53.5 Å². The topological polar surface area (TPSA) is 152 Å². The second-order valence-corrected chi connectivity index (χ2v) is 41.2. The first kappa shape index (κ1) is 62.3. The summed E-state index contributed by atoms with van der Waals surface area (Å²) in [5, 5.41) is 26.4. The Morgan fingerprint density at radius 1 is 0.857 bits per heavy atom. The minimum atomic E-state index is -3.05. The maximum Gasteiger partial charge on any atom is 0.342 e. The maximum atomic E-state index is 14.3. The molecular weight excluding hydrogens is 1020 g/mol. The third-order valence-corrected chi connectivity index (χ3v) is 33.4. The van der Waals surface area contributed by atoms with Crippen LogP contribution in [-0.4, -0.2) is 102 Å². The van der Waals surface area contributed by atoms with Crippen LogP contribution < -0.4 is 19.5 Å². The molecule has 3 unspecified atom stereocenters. The highest BCUT2D eigenvalue weighted by Crippen LogP contribution is 2.48. The molecule has 0 saturated carbocycles. The number of cyclic esters (lactones) is 1. The van der Waals surface area contributed by atoms with Crippen molar-refractivity contribution in [1.29, 1.82) is 0 Å². The highest BCUT2D eigenvalue weighted by molar-refractivity contribution is 6.99. The second-order valence-electron chi connectivity index (χ2n) is 26.8. The molecule has 2 N–H and O–H groups in total. The number of ether oxygens (including phenoxy) is 4. The van der Waals surface area contributed by atoms with Crippen molar-refractivity contribution in [2.75, 3.05) is 6.61 Å². The molecule has 2 bridgehead atoms. The summed E-state index contributed by atoms with van der Waals surface area (Å²) in [7, 11) is -8.07. The van der Waals surface area contributed by atoms with E-state index < -0.39 is 84.3 Å². The third-order valence-electron chi connectivity index (χ3n) is 17.9. The lowest BCUT2D eigenvalue weighted by Gasteiger charge is -2.47. The standard InChI is InChI=1S/C62H95NO11Si3/c1-39(2)76(40(3)4,41(5)6)72-51-36-50(69-44(9)64)42(7)47-34-49(70-58(67)55(47)51)43(8)48(65)35-53(66)61(16,17)54(73-75(19,20)59(10,11)12)32-27-33-63-57-56(52-37-62(18,71-57)38-68-52)74-77(60(13,14)15,45-28-23-21-24-29-45)46-30-25-22-26-31-46/h21-31,33,36,39-41,43,48-49,52-54,56,65-66H,32,34-35,37-38H2,1-20H3/b33-27+,63-57?/t43-,48+,49-,52?,53-,54-,56?,62?/m1/s1. The zero-order chi connectivity index (χ0) is 57.4. The Hall–Kier alpha value is -3.94. The lowest BCUT2D eigenvalue weighted by molar-refractivity contribution is -0.131. The number of hydrogen-bond acceptors (Lipinski definition) is 12. The van der Waals surface area contributed by atoms with E-state index >= 15 is 0 Å². The lowest BCUT2D eigenvalue weighted by atomic mass is 9.75. The quantitative estimate of drug-likeness (QED) is 0.0596. The molecule has 3 aliphatic heterocycles. The summed E-state index contributed by atoms with van der Waals surface area (Å²) in [6, 6.07) is 22.8. The highest BCUT2D eigenvalue weighted by atomic mass is 28.4. The Bertz CT molecular complexity index is 2520. The molecule has 8 atom stereocenters. The number of benzene rings is 3. The molecule has 0 aromatic heterocycles. The van der Waals surface area contributed by atoms with Crippen molar-refractivity contribution in [2.24, 2.45) is 16.3 Å². The van der Waals surface area contributed by atoms with Crippen LogP contribution in [0.2, 0.25) is 39.8 Å². The zero-order valence-electron chi connectivity index (χ0n) is 50.3. The van der Waals surface area contributed by atoms with Crippen molar-refractivity contribution in [3.8, 4) is 11.5 Å². The fraction of sp³-hybridized carbons (Fsp3) is 0.629. The van der Waals surface area contributed by atoms with Gasteiger partial charge in [-0.1, -0.05) is 171 Å². The molecule has 3 aromatic rings. The molecule has 426 valence electrons. The van der Waals surface area contributed by atoms with Gasteiger partial charge in [0.2, 0.25) is 5.90 Å². The van der Waals surface area contributed by atoms with E-state index in [1.54, 1.807) is 12.3 Å². The lowest BCUT2D eigenvalue weighted by Crippen LogP contribution is -2.69. The van der Waals surface area contributed by atoms with Gasteiger partial charge in [0.15, 0.2) is 8.32 Å². The van der Waals surface area contributed by atoms with Crippen LogP contribution in [0.5, 0.6) is 11.5 Å². The predicted molar refractivity (Wildman–Crippen MR) is 316 cm³/mol. The van der Waals surface area contributed by atoms with Gasteiger partial charge in [0.1, 0.15) is 34.9 Å². The summed E-state index contributed by atoms with van der Waals surface area (Å²) >= 11 is 0. The largest absolute Gasteiger partial charge is 0.542 e. The van der Waals surface area contributed by atoms with Gasteiger partial charge in [-0.25, -0.2) is 9.79 Å². The number of aliphatic hydroxyl groups is 2. The Kier molecular flexibility index (Phi) is 19.1. The normalized spacial score (nSPS) is 22.7. The molecule has 0 aliphatic carbocycles. The molecular formula is C62H95NO11Si3. The van der Waals surface area contributed by atoms with E-state index in [0.717, 1.165) is 10.4 Å². The number of carbonyl (C=O) groups excluding carboxylic acids is 2. The van der Waals surface area contributed by atoms with Crippen LogP contribution >= 0.6 is 0 Å². The summed E-state index contributed by atoms with van der Waals surface area (Å²) in [5.41, 5.74) is 0.881. The molecule has 15 heteroatoms. The maximum absolute atomic E-state index is 14.3. The molecule has 3 aliphatic rings. The first-order chi connectivity index (χ1) is 35.6. The minimum absolute atomic E-state index is 0.000356. The van der Waals surface area contributed by atoms with E-state index in [4.69, 9.17) is 37.2 Å². The van der Waals surface area contributed by atoms with Gasteiger partial charge in [-0.15, -0.1) is 0 Å². The van der Waals surface area contributed by atoms with Crippen LogP contribution in [0.1, 0.15) is 158 Å². The number of esters is 2. The first-order valence-corrected chi connectivity index (χ1v) is 35.2. The zero-order valence-corrected chi connectivity index (χ0v) is 53.3. The van der Waals surface area contributed by atoms with Crippen molar-refractivity contribution in [1.82, 2.24) is 0 Å². The fourth-order valence-corrected chi connectivity index (χ4v) is 23.5. The molecule has 0 spiro atoms. The van der Waals surface area contributed by atoms with Gasteiger partial charge in [-0.3, -0.25) is 4.79 Å². The highest BCUT2D eigenvalue weighted by Gasteiger charge is 2.58. The van der Waals surface area contributed by atoms with Gasteiger partial charge < -0.3 is 42.4 Å². The summed E-state index contributed by atoms with van der Waals surface area (Å²) in [6.07, 6.45) is 0.976. The predicted octanol–water partition coefficient (Wildman–Crippen LogP) is 12.5. The summed E-state index contributed by atoms with van der Waals surface area (Å²) in [5.74, 6) is -0.420. The third kappa shape index (κ3) is 12.8. The molecule has 12 nitrogen and oxygen atoms in total. The van der Waals surface area contributed by atoms with Crippen LogP contribution in [0.3, 0.4) is 0 Å². The van der Waals surface area contributed by atoms with Crippen molar-refractivity contribution in [3.05, 3.63) is 95.7 Å². The van der Waals surface area contributed by atoms with Crippen molar-refractivity contribution < 1.29 is 52.0 Å². The van der Waals surface area contributed by atoms with E-state index in [9.17, 15) is 19.8 Å². The summed E-state index contributed by atoms with van der Waals surface area (Å²) < 4.78 is 47.3. The molecule has 2 saturated heterocycles. The SMILES string of the molecule is CC(=O)Oc1cc(O[Si](C(C)C)(C(C)C)C(C)C)c2c(c1C)C[C@H]([C@H](C)[C@@H](O)C[C@@H](O)C(C)(C)[C@@H](C/C=C/N=C1OC3(C)COC(C3)C1O[Si](c1ccccc1)(c1ccccc1)C(C)(C)C)O[Si](C)(C)C(C)(C)C)OC2=O. The van der Waals surface area contributed by atoms with Crippen LogP contribution in [0.25, 0.3) is 0 Å². The first-order valence-electron chi connectivity index (χ1n) is 28.2. The average Bonchev–Trinajstić information content (AvgIpc) is 3.66. The van der Waals surface area contributed by atoms with Crippen molar-refractivity contribution in [2.45, 2.75) is 232 Å². The Labute approximate surface area is 465 Å². The van der Waals surface area contributed by atoms with E-state index in [2.05, 4.69) is 152 Å². The van der Waals surface area contributed by atoms with Crippen LogP contribution in [0, 0.1) is 18.3 Å². The number of aliphatic imine (C=N–C) groups is 1. The Morgan fingerprint density at radius 3 is 1.92 bits per heavy atom. The Balaban J connectivity index is 1.28. The molecule has 2 fully saturated rings. The molecule has 3 aromatic carbocycles. The average molecular weight is 1110 g/mol. The number of fused-ring (bicyclic) bond motifs is 3. The smallest absolute Gasteiger partial charge is 0.342 e. The number of aliphatic hydroxyl groups excluding tert-OH is 2. The van der Waals surface area contributed by atoms with Crippen LogP contribution in [0.15, 0.2) is 84.0 Å². The summed E-state index contributed by atoms with van der Waals surface area (Å²) in [6.45, 7) is 42.4. The van der Waals surface area contributed by atoms with Gasteiger partial charge in [0.25, 0.3) is 16.6 Å².